The Morgan fingerprint density at radius 1 is 1.00 bits per heavy atom. The molecule has 0 bridgehead atoms. The smallest absolute Gasteiger partial charge is 0.387 e. The number of ether oxygens (including phenoxy) is 1. The molecule has 0 unspecified atom stereocenters. The molecule has 2 heterocycles. The zero-order valence-corrected chi connectivity index (χ0v) is 19.1. The van der Waals surface area contributed by atoms with E-state index in [-0.39, 0.29) is 41.4 Å². The van der Waals surface area contributed by atoms with Gasteiger partial charge in [0.15, 0.2) is 11.6 Å². The molecule has 2 N–H and O–H groups in total. The number of aromatic nitrogens is 3. The molecule has 0 saturated heterocycles. The minimum Gasteiger partial charge on any atom is -0.435 e. The third kappa shape index (κ3) is 5.43. The number of hydrogen-bond donors (Lipinski definition) is 1. The fraction of sp³-hybridized carbons (Fsp3) is 0.154. The average molecular weight is 494 g/mol. The Balaban J connectivity index is 1.72. The van der Waals surface area contributed by atoms with E-state index in [0.717, 1.165) is 0 Å². The van der Waals surface area contributed by atoms with Crippen molar-refractivity contribution >= 4 is 11.6 Å². The topological polar surface area (TPSA) is 100 Å². The van der Waals surface area contributed by atoms with Crippen LogP contribution < -0.4 is 16.0 Å². The second kappa shape index (κ2) is 10.4. The van der Waals surface area contributed by atoms with E-state index in [9.17, 15) is 22.8 Å². The lowest BCUT2D eigenvalue weighted by molar-refractivity contribution is -0.0504. The number of hydrogen-bond acceptors (Lipinski definition) is 6. The van der Waals surface area contributed by atoms with Gasteiger partial charge in [0.25, 0.3) is 0 Å². The number of anilines is 1. The number of alkyl halides is 2. The van der Waals surface area contributed by atoms with Crippen LogP contribution in [0.2, 0.25) is 0 Å². The van der Waals surface area contributed by atoms with Crippen LogP contribution in [0.1, 0.15) is 22.5 Å². The molecule has 184 valence electrons. The molecule has 0 atom stereocenters. The number of para-hydroxylation sites is 1. The summed E-state index contributed by atoms with van der Waals surface area (Å²) in [5.74, 6) is -1.04. The first-order chi connectivity index (χ1) is 17.2. The van der Waals surface area contributed by atoms with Gasteiger partial charge in [-0.2, -0.15) is 8.78 Å². The number of nitrogens with two attached hydrogens (primary N) is 1. The molecular weight excluding hydrogens is 473 g/mol. The van der Waals surface area contributed by atoms with Gasteiger partial charge in [-0.05, 0) is 48.4 Å². The van der Waals surface area contributed by atoms with Crippen molar-refractivity contribution in [1.29, 1.82) is 0 Å². The van der Waals surface area contributed by atoms with E-state index in [4.69, 9.17) is 5.73 Å². The van der Waals surface area contributed by atoms with Crippen LogP contribution in [0, 0.1) is 5.82 Å². The van der Waals surface area contributed by atoms with Crippen molar-refractivity contribution in [2.45, 2.75) is 19.5 Å². The average Bonchev–Trinajstić information content (AvgIpc) is 2.85. The van der Waals surface area contributed by atoms with E-state index in [1.807, 2.05) is 0 Å². The van der Waals surface area contributed by atoms with E-state index in [0.29, 0.717) is 22.4 Å². The summed E-state index contributed by atoms with van der Waals surface area (Å²) in [5.41, 5.74) is 7.78. The Kier molecular flexibility index (Phi) is 7.14. The van der Waals surface area contributed by atoms with E-state index >= 15 is 0 Å². The van der Waals surface area contributed by atoms with Crippen molar-refractivity contribution < 1.29 is 22.7 Å². The minimum atomic E-state index is -2.99. The van der Waals surface area contributed by atoms with E-state index in [1.165, 1.54) is 41.0 Å². The molecule has 0 amide bonds. The highest BCUT2D eigenvalue weighted by Crippen LogP contribution is 2.31. The molecule has 2 aromatic carbocycles. The molecular formula is C26H21F3N4O3. The van der Waals surface area contributed by atoms with Gasteiger partial charge < -0.3 is 15.0 Å². The van der Waals surface area contributed by atoms with Gasteiger partial charge in [-0.15, -0.1) is 0 Å². The van der Waals surface area contributed by atoms with Crippen LogP contribution in [-0.2, 0) is 13.5 Å². The van der Waals surface area contributed by atoms with Crippen molar-refractivity contribution in [3.05, 3.63) is 94.3 Å². The number of carbonyl (C=O) groups excluding carboxylic acids is 1. The second-order valence-electron chi connectivity index (χ2n) is 7.94. The number of aryl methyl sites for hydroxylation is 2. The van der Waals surface area contributed by atoms with Gasteiger partial charge in [-0.3, -0.25) is 9.59 Å². The maximum Gasteiger partial charge on any atom is 0.387 e. The van der Waals surface area contributed by atoms with E-state index < -0.39 is 18.2 Å². The quantitative estimate of drug-likeness (QED) is 0.358. The Hall–Kier alpha value is -4.47. The summed E-state index contributed by atoms with van der Waals surface area (Å²) in [5, 5.41) is 0. The van der Waals surface area contributed by atoms with E-state index in [2.05, 4.69) is 14.7 Å². The number of halogens is 3. The van der Waals surface area contributed by atoms with Crippen LogP contribution in [0.15, 0.2) is 71.7 Å². The van der Waals surface area contributed by atoms with Crippen molar-refractivity contribution in [3.63, 3.8) is 0 Å². The molecule has 10 heteroatoms. The van der Waals surface area contributed by atoms with Gasteiger partial charge in [0.2, 0.25) is 5.56 Å². The summed E-state index contributed by atoms with van der Waals surface area (Å²) in [7, 11) is 1.57. The van der Waals surface area contributed by atoms with Crippen LogP contribution in [0.5, 0.6) is 5.75 Å². The second-order valence-corrected chi connectivity index (χ2v) is 7.94. The third-order valence-corrected chi connectivity index (χ3v) is 5.47. The van der Waals surface area contributed by atoms with Crippen molar-refractivity contribution in [2.75, 3.05) is 5.73 Å². The number of ketones is 1. The molecule has 0 radical (unpaired) electrons. The number of benzene rings is 2. The fourth-order valence-corrected chi connectivity index (χ4v) is 3.69. The maximum absolute atomic E-state index is 13.5. The number of pyridine rings is 1. The Labute approximate surface area is 204 Å². The largest absolute Gasteiger partial charge is 0.435 e. The van der Waals surface area contributed by atoms with Crippen LogP contribution in [-0.4, -0.2) is 26.9 Å². The lowest BCUT2D eigenvalue weighted by Crippen LogP contribution is -2.15. The molecule has 7 nitrogen and oxygen atoms in total. The molecule has 0 spiro atoms. The van der Waals surface area contributed by atoms with Crippen LogP contribution in [0.25, 0.3) is 22.5 Å². The minimum absolute atomic E-state index is 0.0168. The Morgan fingerprint density at radius 3 is 2.36 bits per heavy atom. The molecule has 4 aromatic rings. The van der Waals surface area contributed by atoms with Crippen molar-refractivity contribution in [1.82, 2.24) is 14.5 Å². The highest BCUT2D eigenvalue weighted by Gasteiger charge is 2.21. The molecule has 0 saturated carbocycles. The number of Topliss-reactive ketones (excluding diaryl/α,β-unsaturated/α-hetero) is 1. The first-order valence-corrected chi connectivity index (χ1v) is 10.9. The maximum atomic E-state index is 13.5. The summed E-state index contributed by atoms with van der Waals surface area (Å²) >= 11 is 0. The Bertz CT molecular complexity index is 1470. The van der Waals surface area contributed by atoms with Crippen molar-refractivity contribution in [3.8, 4) is 28.3 Å². The number of nitrogen functional groups attached to an aromatic ring is 1. The van der Waals surface area contributed by atoms with Crippen LogP contribution in [0.3, 0.4) is 0 Å². The third-order valence-electron chi connectivity index (χ3n) is 5.47. The monoisotopic (exact) mass is 494 g/mol. The van der Waals surface area contributed by atoms with Gasteiger partial charge in [0.1, 0.15) is 17.3 Å². The predicted molar refractivity (Wildman–Crippen MR) is 128 cm³/mol. The SMILES string of the molecule is Cn1cc(-c2nc(C(=O)CCc3ccccc3OC(F)F)c(N)nc2-c2ccc(F)cc2)ccc1=O. The fourth-order valence-electron chi connectivity index (χ4n) is 3.69. The molecule has 0 aliphatic rings. The first-order valence-electron chi connectivity index (χ1n) is 10.9. The molecule has 4 rings (SSSR count). The number of carbonyl (C=O) groups is 1. The summed E-state index contributed by atoms with van der Waals surface area (Å²) in [6.07, 6.45) is 1.56. The van der Waals surface area contributed by atoms with Crippen LogP contribution in [0.4, 0.5) is 19.0 Å². The molecule has 0 aliphatic carbocycles. The highest BCUT2D eigenvalue weighted by molar-refractivity contribution is 5.99. The number of rotatable bonds is 8. The lowest BCUT2D eigenvalue weighted by atomic mass is 10.0. The normalized spacial score (nSPS) is 11.0. The van der Waals surface area contributed by atoms with Gasteiger partial charge >= 0.3 is 6.61 Å². The van der Waals surface area contributed by atoms with E-state index in [1.54, 1.807) is 37.5 Å². The first kappa shape index (κ1) is 24.6. The predicted octanol–water partition coefficient (Wildman–Crippen LogP) is 4.65. The number of nitrogens with zero attached hydrogens (tertiary/aromatic N) is 3. The molecule has 2 aromatic heterocycles. The lowest BCUT2D eigenvalue weighted by Gasteiger charge is -2.14. The Morgan fingerprint density at radius 2 is 1.67 bits per heavy atom. The zero-order valence-electron chi connectivity index (χ0n) is 19.1. The summed E-state index contributed by atoms with van der Waals surface area (Å²) < 4.78 is 44.8. The molecule has 0 aliphatic heterocycles. The van der Waals surface area contributed by atoms with Gasteiger partial charge in [0, 0.05) is 36.9 Å². The molecule has 36 heavy (non-hydrogen) atoms. The summed E-state index contributed by atoms with van der Waals surface area (Å²) in [4.78, 5) is 33.9. The van der Waals surface area contributed by atoms with Crippen molar-refractivity contribution in [2.24, 2.45) is 7.05 Å². The van der Waals surface area contributed by atoms with Crippen LogP contribution >= 0.6 is 0 Å². The van der Waals surface area contributed by atoms with Gasteiger partial charge in [-0.25, -0.2) is 14.4 Å². The van der Waals surface area contributed by atoms with Gasteiger partial charge in [-0.1, -0.05) is 18.2 Å². The molecule has 0 fully saturated rings. The standard InChI is InChI=1S/C26H21F3N4O3/c1-33-14-17(9-13-21(33)35)23-22(16-6-10-18(27)11-7-16)32-25(30)24(31-23)19(34)12-8-15-4-2-3-5-20(15)36-26(28)29/h2-7,9-11,13-14,26H,8,12H2,1H3,(H2,30,32). The van der Waals surface area contributed by atoms with Gasteiger partial charge in [0.05, 0.1) is 11.4 Å². The zero-order chi connectivity index (χ0) is 25.8. The summed E-state index contributed by atoms with van der Waals surface area (Å²) in [6.45, 7) is -2.99. The summed E-state index contributed by atoms with van der Waals surface area (Å²) in [6, 6.07) is 14.6. The highest BCUT2D eigenvalue weighted by atomic mass is 19.3.